The van der Waals surface area contributed by atoms with E-state index in [4.69, 9.17) is 0 Å². The Morgan fingerprint density at radius 2 is 2.29 bits per heavy atom. The van der Waals surface area contributed by atoms with Gasteiger partial charge in [-0.25, -0.2) is 0 Å². The van der Waals surface area contributed by atoms with Gasteiger partial charge in [-0.1, -0.05) is 6.07 Å². The Kier molecular flexibility index (Phi) is 3.13. The molecular weight excluding hydrogens is 124 g/mol. The van der Waals surface area contributed by atoms with Crippen LogP contribution in [0.25, 0.3) is 0 Å². The van der Waals surface area contributed by atoms with Crippen LogP contribution < -0.4 is 0 Å². The van der Waals surface area contributed by atoms with Gasteiger partial charge < -0.3 is 0 Å². The Bertz CT molecular complexity index is 110. The molecule has 0 unspecified atom stereocenters. The first kappa shape index (κ1) is 7.05. The highest BCUT2D eigenvalue weighted by atomic mass is 32.1. The molecule has 1 heterocycles. The van der Waals surface area contributed by atoms with Gasteiger partial charge in [-0.3, -0.25) is 0 Å². The summed E-state index contributed by atoms with van der Waals surface area (Å²) in [6.45, 7) is 2.10. The number of hydrogen-bond acceptors (Lipinski definition) is 1. The minimum absolute atomic E-state index is 0. The van der Waals surface area contributed by atoms with Gasteiger partial charge in [-0.2, -0.15) is 13.5 Å². The molecule has 7 heavy (non-hydrogen) atoms. The Labute approximate surface area is 54.6 Å². The number of hydrogen-bond donors (Lipinski definition) is 0. The van der Waals surface area contributed by atoms with Crippen LogP contribution in [0.4, 0.5) is 0 Å². The zero-order valence-corrected chi connectivity index (χ0v) is 5.96. The third-order valence-corrected chi connectivity index (χ3v) is 1.46. The monoisotopic (exact) mass is 132 g/mol. The van der Waals surface area contributed by atoms with Crippen LogP contribution in [0.5, 0.6) is 0 Å². The molecule has 0 atom stereocenters. The average Bonchev–Trinajstić information content (AvgIpc) is 1.86. The minimum Gasteiger partial charge on any atom is -0.197 e. The van der Waals surface area contributed by atoms with E-state index in [9.17, 15) is 0 Å². The van der Waals surface area contributed by atoms with Gasteiger partial charge >= 0.3 is 0 Å². The molecule has 0 amide bonds. The van der Waals surface area contributed by atoms with Crippen molar-refractivity contribution in [2.24, 2.45) is 0 Å². The van der Waals surface area contributed by atoms with Crippen molar-refractivity contribution in [3.05, 3.63) is 22.4 Å². The summed E-state index contributed by atoms with van der Waals surface area (Å²) in [6, 6.07) is 4.16. The molecule has 1 aromatic heterocycles. The van der Waals surface area contributed by atoms with Gasteiger partial charge in [0.1, 0.15) is 0 Å². The lowest BCUT2D eigenvalue weighted by atomic mass is 10.5. The SMILES string of the molecule is Cc1cccs1.S. The van der Waals surface area contributed by atoms with Crippen LogP contribution in [-0.2, 0) is 0 Å². The van der Waals surface area contributed by atoms with E-state index in [1.54, 1.807) is 11.3 Å². The first-order chi connectivity index (χ1) is 2.89. The second kappa shape index (κ2) is 3.10. The van der Waals surface area contributed by atoms with Gasteiger partial charge in [-0.15, -0.1) is 11.3 Å². The number of thiophene rings is 1. The lowest BCUT2D eigenvalue weighted by molar-refractivity contribution is 1.64. The molecule has 0 aliphatic heterocycles. The van der Waals surface area contributed by atoms with Gasteiger partial charge in [0.25, 0.3) is 0 Å². The minimum atomic E-state index is 0. The van der Waals surface area contributed by atoms with Gasteiger partial charge in [-0.05, 0) is 18.4 Å². The quantitative estimate of drug-likeness (QED) is 0.507. The second-order valence-corrected chi connectivity index (χ2v) is 2.38. The fourth-order valence-corrected chi connectivity index (χ4v) is 0.890. The van der Waals surface area contributed by atoms with Crippen LogP contribution >= 0.6 is 24.8 Å². The molecule has 2 heteroatoms. The molecule has 0 N–H and O–H groups in total. The molecule has 0 saturated carbocycles. The van der Waals surface area contributed by atoms with E-state index in [0.29, 0.717) is 0 Å². The fourth-order valence-electron chi connectivity index (χ4n) is 0.361. The van der Waals surface area contributed by atoms with E-state index in [1.807, 2.05) is 0 Å². The van der Waals surface area contributed by atoms with Crippen molar-refractivity contribution in [1.29, 1.82) is 0 Å². The van der Waals surface area contributed by atoms with E-state index in [1.165, 1.54) is 4.88 Å². The van der Waals surface area contributed by atoms with E-state index < -0.39 is 0 Å². The maximum atomic E-state index is 2.10. The average molecular weight is 132 g/mol. The molecule has 0 fully saturated rings. The van der Waals surface area contributed by atoms with Crippen molar-refractivity contribution < 1.29 is 0 Å². The summed E-state index contributed by atoms with van der Waals surface area (Å²) in [4.78, 5) is 1.38. The topological polar surface area (TPSA) is 0 Å². The maximum Gasteiger partial charge on any atom is 0.00141 e. The van der Waals surface area contributed by atoms with Crippen LogP contribution in [0.2, 0.25) is 0 Å². The van der Waals surface area contributed by atoms with Crippen molar-refractivity contribution in [3.8, 4) is 0 Å². The summed E-state index contributed by atoms with van der Waals surface area (Å²) >= 11 is 1.78. The molecule has 1 aromatic rings. The third kappa shape index (κ3) is 2.00. The summed E-state index contributed by atoms with van der Waals surface area (Å²) in [5.74, 6) is 0. The highest BCUT2D eigenvalue weighted by molar-refractivity contribution is 7.59. The van der Waals surface area contributed by atoms with E-state index in [0.717, 1.165) is 0 Å². The molecule has 1 rings (SSSR count). The van der Waals surface area contributed by atoms with E-state index >= 15 is 0 Å². The predicted octanol–water partition coefficient (Wildman–Crippen LogP) is 2.17. The van der Waals surface area contributed by atoms with Crippen molar-refractivity contribution in [3.63, 3.8) is 0 Å². The van der Waals surface area contributed by atoms with E-state index in [2.05, 4.69) is 24.4 Å². The molecule has 0 bridgehead atoms. The smallest absolute Gasteiger partial charge is 0.00141 e. The van der Waals surface area contributed by atoms with Gasteiger partial charge in [0.2, 0.25) is 0 Å². The zero-order chi connectivity index (χ0) is 4.41. The summed E-state index contributed by atoms with van der Waals surface area (Å²) in [6.07, 6.45) is 0. The van der Waals surface area contributed by atoms with Crippen molar-refractivity contribution in [2.45, 2.75) is 6.92 Å². The highest BCUT2D eigenvalue weighted by Gasteiger charge is 1.74. The summed E-state index contributed by atoms with van der Waals surface area (Å²) in [5.41, 5.74) is 0. The lowest BCUT2D eigenvalue weighted by Gasteiger charge is -1.65. The van der Waals surface area contributed by atoms with Gasteiger partial charge in [0, 0.05) is 4.88 Å². The molecule has 0 saturated heterocycles. The molecular formula is C5H8S2. The number of aryl methyl sites for hydroxylation is 1. The van der Waals surface area contributed by atoms with Crippen LogP contribution in [-0.4, -0.2) is 0 Å². The first-order valence-electron chi connectivity index (χ1n) is 1.90. The summed E-state index contributed by atoms with van der Waals surface area (Å²) < 4.78 is 0. The standard InChI is InChI=1S/C5H6S.H2S/c1-5-3-2-4-6-5;/h2-4H,1H3;1H2. The van der Waals surface area contributed by atoms with Crippen LogP contribution in [0.1, 0.15) is 4.88 Å². The first-order valence-corrected chi connectivity index (χ1v) is 2.77. The van der Waals surface area contributed by atoms with Crippen LogP contribution in [0.15, 0.2) is 17.5 Å². The van der Waals surface area contributed by atoms with Crippen LogP contribution in [0.3, 0.4) is 0 Å². The Morgan fingerprint density at radius 3 is 2.43 bits per heavy atom. The number of rotatable bonds is 0. The predicted molar refractivity (Wildman–Crippen MR) is 39.4 cm³/mol. The van der Waals surface area contributed by atoms with Crippen molar-refractivity contribution in [2.75, 3.05) is 0 Å². The Balaban J connectivity index is 0.000000360. The molecule has 0 spiro atoms. The normalized spacial score (nSPS) is 7.57. The third-order valence-electron chi connectivity index (χ3n) is 0.663. The van der Waals surface area contributed by atoms with Gasteiger partial charge in [0.05, 0.1) is 0 Å². The van der Waals surface area contributed by atoms with E-state index in [-0.39, 0.29) is 13.5 Å². The Hall–Kier alpha value is 0.0500. The second-order valence-electron chi connectivity index (χ2n) is 1.22. The molecule has 0 radical (unpaired) electrons. The van der Waals surface area contributed by atoms with Crippen molar-refractivity contribution in [1.82, 2.24) is 0 Å². The molecule has 0 aliphatic carbocycles. The largest absolute Gasteiger partial charge is 0.197 e. The summed E-state index contributed by atoms with van der Waals surface area (Å²) in [5, 5.41) is 2.08. The van der Waals surface area contributed by atoms with Gasteiger partial charge in [0.15, 0.2) is 0 Å². The molecule has 0 aliphatic rings. The fraction of sp³-hybridized carbons (Fsp3) is 0.200. The van der Waals surface area contributed by atoms with Crippen LogP contribution in [0, 0.1) is 6.92 Å². The molecule has 40 valence electrons. The summed E-state index contributed by atoms with van der Waals surface area (Å²) in [7, 11) is 0. The Morgan fingerprint density at radius 1 is 1.57 bits per heavy atom. The molecule has 0 nitrogen and oxygen atoms in total. The zero-order valence-electron chi connectivity index (χ0n) is 4.14. The van der Waals surface area contributed by atoms with Crippen molar-refractivity contribution >= 4 is 24.8 Å². The molecule has 0 aromatic carbocycles. The maximum absolute atomic E-state index is 2.10. The lowest BCUT2D eigenvalue weighted by Crippen LogP contribution is -1.42. The highest BCUT2D eigenvalue weighted by Crippen LogP contribution is 2.03.